The van der Waals surface area contributed by atoms with Gasteiger partial charge < -0.3 is 15.4 Å². The predicted octanol–water partition coefficient (Wildman–Crippen LogP) is 2.15. The third-order valence-corrected chi connectivity index (χ3v) is 8.30. The van der Waals surface area contributed by atoms with E-state index in [2.05, 4.69) is 15.0 Å². The fourth-order valence-electron chi connectivity index (χ4n) is 5.28. The zero-order chi connectivity index (χ0) is 23.1. The molecule has 2 aromatic heterocycles. The molecular weight excluding hydrogens is 466 g/mol. The summed E-state index contributed by atoms with van der Waals surface area (Å²) in [7, 11) is 0. The van der Waals surface area contributed by atoms with Crippen LogP contribution in [-0.2, 0) is 14.3 Å². The number of amides is 2. The molecular formula is C22H24ClN5O4S. The van der Waals surface area contributed by atoms with E-state index in [0.717, 1.165) is 43.4 Å². The van der Waals surface area contributed by atoms with Gasteiger partial charge in [-0.25, -0.2) is 15.0 Å². The maximum absolute atomic E-state index is 14.1. The Morgan fingerprint density at radius 3 is 2.64 bits per heavy atom. The Labute approximate surface area is 199 Å². The number of aromatic nitrogens is 3. The molecule has 33 heavy (non-hydrogen) atoms. The number of hydrogen-bond acceptors (Lipinski definition) is 8. The molecule has 2 N–H and O–H groups in total. The summed E-state index contributed by atoms with van der Waals surface area (Å²) in [6, 6.07) is -0.677. The summed E-state index contributed by atoms with van der Waals surface area (Å²) in [5, 5.41) is -0.316. The fraction of sp³-hybridized carbons (Fsp3) is 0.545. The molecule has 2 saturated heterocycles. The molecule has 0 bridgehead atoms. The smallest absolute Gasteiger partial charge is 0.277 e. The lowest BCUT2D eigenvalue weighted by Crippen LogP contribution is -2.45. The molecule has 0 aromatic carbocycles. The SMILES string of the molecule is NC(=O)c1nc([C@@H](C(=O)N2C[C@H](Cl)[C@H]3OCC(=O)[C@H]32)C2CCCCC2)c(-c2cncnc2)s1. The summed E-state index contributed by atoms with van der Waals surface area (Å²) in [4.78, 5) is 53.7. The standard InChI is InChI=1S/C22H24ClN5O4S/c23-13-8-28(17-14(29)9-32-18(13)17)22(31)15(11-4-2-1-3-5-11)16-19(12-6-25-10-26-7-12)33-21(27-16)20(24)30/h6-7,10-11,13,15,17-18H,1-5,8-9H2,(H2,24,30)/t13-,15-,17+,18+/m0/s1. The van der Waals surface area contributed by atoms with Crippen molar-refractivity contribution in [2.45, 2.75) is 55.5 Å². The van der Waals surface area contributed by atoms with E-state index in [9.17, 15) is 14.4 Å². The number of nitrogens with zero attached hydrogens (tertiary/aromatic N) is 4. The molecule has 2 amide bonds. The summed E-state index contributed by atoms with van der Waals surface area (Å²) >= 11 is 7.60. The number of ketones is 1. The molecule has 3 aliphatic rings. The molecule has 2 aromatic rings. The van der Waals surface area contributed by atoms with Crippen molar-refractivity contribution in [3.63, 3.8) is 0 Å². The lowest BCUT2D eigenvalue weighted by atomic mass is 9.77. The van der Waals surface area contributed by atoms with Gasteiger partial charge in [-0.05, 0) is 18.8 Å². The van der Waals surface area contributed by atoms with Gasteiger partial charge in [0.2, 0.25) is 5.91 Å². The quantitative estimate of drug-likeness (QED) is 0.637. The van der Waals surface area contributed by atoms with E-state index < -0.39 is 29.3 Å². The van der Waals surface area contributed by atoms with Crippen LogP contribution in [-0.4, -0.2) is 68.1 Å². The van der Waals surface area contributed by atoms with Crippen LogP contribution in [0.2, 0.25) is 0 Å². The predicted molar refractivity (Wildman–Crippen MR) is 121 cm³/mol. The highest BCUT2D eigenvalue weighted by atomic mass is 35.5. The second-order valence-corrected chi connectivity index (χ2v) is 10.4. The van der Waals surface area contributed by atoms with Crippen LogP contribution in [0.4, 0.5) is 0 Å². The second-order valence-electron chi connectivity index (χ2n) is 8.79. The highest BCUT2D eigenvalue weighted by Crippen LogP contribution is 2.44. The average molecular weight is 490 g/mol. The number of likely N-dealkylation sites (tertiary alicyclic amines) is 1. The molecule has 3 fully saturated rings. The summed E-state index contributed by atoms with van der Waals surface area (Å²) < 4.78 is 5.57. The first-order valence-electron chi connectivity index (χ1n) is 11.1. The van der Waals surface area contributed by atoms with Crippen molar-refractivity contribution in [2.24, 2.45) is 11.7 Å². The number of hydrogen-bond donors (Lipinski definition) is 1. The Morgan fingerprint density at radius 1 is 1.21 bits per heavy atom. The number of carbonyl (C=O) groups is 3. The van der Waals surface area contributed by atoms with Gasteiger partial charge in [0, 0.05) is 24.5 Å². The number of carbonyl (C=O) groups excluding carboxylic acids is 3. The van der Waals surface area contributed by atoms with Gasteiger partial charge in [-0.3, -0.25) is 14.4 Å². The van der Waals surface area contributed by atoms with Crippen LogP contribution in [0.15, 0.2) is 18.7 Å². The molecule has 2 aliphatic heterocycles. The molecule has 5 rings (SSSR count). The molecule has 1 saturated carbocycles. The maximum Gasteiger partial charge on any atom is 0.277 e. The molecule has 1 aliphatic carbocycles. The van der Waals surface area contributed by atoms with Crippen LogP contribution in [0.5, 0.6) is 0 Å². The van der Waals surface area contributed by atoms with Crippen LogP contribution >= 0.6 is 22.9 Å². The van der Waals surface area contributed by atoms with Gasteiger partial charge in [-0.2, -0.15) is 0 Å². The molecule has 0 radical (unpaired) electrons. The fourth-order valence-corrected chi connectivity index (χ4v) is 6.58. The van der Waals surface area contributed by atoms with E-state index >= 15 is 0 Å². The van der Waals surface area contributed by atoms with Crippen LogP contribution in [0.1, 0.15) is 53.5 Å². The zero-order valence-electron chi connectivity index (χ0n) is 17.9. The van der Waals surface area contributed by atoms with E-state index in [0.29, 0.717) is 16.1 Å². The number of primary amides is 1. The molecule has 0 unspecified atom stereocenters. The van der Waals surface area contributed by atoms with Crippen molar-refractivity contribution in [1.29, 1.82) is 0 Å². The molecule has 4 heterocycles. The summed E-state index contributed by atoms with van der Waals surface area (Å²) in [5.74, 6) is -1.57. The Morgan fingerprint density at radius 2 is 1.94 bits per heavy atom. The van der Waals surface area contributed by atoms with E-state index in [1.54, 1.807) is 17.3 Å². The van der Waals surface area contributed by atoms with Gasteiger partial charge in [0.15, 0.2) is 10.8 Å². The van der Waals surface area contributed by atoms with Crippen molar-refractivity contribution < 1.29 is 19.1 Å². The number of nitrogens with two attached hydrogens (primary N) is 1. The normalized spacial score (nSPS) is 26.4. The van der Waals surface area contributed by atoms with E-state index in [1.165, 1.54) is 6.33 Å². The van der Waals surface area contributed by atoms with Crippen LogP contribution in [0, 0.1) is 5.92 Å². The zero-order valence-corrected chi connectivity index (χ0v) is 19.4. The molecule has 174 valence electrons. The largest absolute Gasteiger partial charge is 0.366 e. The first-order valence-corrected chi connectivity index (χ1v) is 12.4. The van der Waals surface area contributed by atoms with Crippen LogP contribution in [0.25, 0.3) is 10.4 Å². The Balaban J connectivity index is 1.60. The molecule has 0 spiro atoms. The van der Waals surface area contributed by atoms with Gasteiger partial charge in [0.05, 0.1) is 21.9 Å². The third kappa shape index (κ3) is 4.04. The van der Waals surface area contributed by atoms with Crippen molar-refractivity contribution in [3.05, 3.63) is 29.4 Å². The number of alkyl halides is 1. The Kier molecular flexibility index (Phi) is 6.15. The van der Waals surface area contributed by atoms with Crippen molar-refractivity contribution in [3.8, 4) is 10.4 Å². The highest BCUT2D eigenvalue weighted by molar-refractivity contribution is 7.17. The minimum absolute atomic E-state index is 0.0303. The Bertz CT molecular complexity index is 1070. The minimum atomic E-state index is -0.677. The number of rotatable bonds is 5. The van der Waals surface area contributed by atoms with Crippen LogP contribution in [0.3, 0.4) is 0 Å². The van der Waals surface area contributed by atoms with Gasteiger partial charge >= 0.3 is 0 Å². The molecule has 4 atom stereocenters. The van der Waals surface area contributed by atoms with Gasteiger partial charge in [-0.1, -0.05) is 19.3 Å². The van der Waals surface area contributed by atoms with Crippen LogP contribution < -0.4 is 5.73 Å². The maximum atomic E-state index is 14.1. The lowest BCUT2D eigenvalue weighted by Gasteiger charge is -2.33. The van der Waals surface area contributed by atoms with Crippen molar-refractivity contribution in [1.82, 2.24) is 19.9 Å². The summed E-state index contributed by atoms with van der Waals surface area (Å²) in [6.07, 6.45) is 9.05. The van der Waals surface area contributed by atoms with Gasteiger partial charge in [0.25, 0.3) is 5.91 Å². The number of fused-ring (bicyclic) bond motifs is 1. The molecule has 9 nitrogen and oxygen atoms in total. The number of Topliss-reactive ketones (excluding diaryl/α,β-unsaturated/α-hetero) is 1. The third-order valence-electron chi connectivity index (χ3n) is 6.77. The topological polar surface area (TPSA) is 128 Å². The number of ether oxygens (including phenoxy) is 1. The Hall–Kier alpha value is -2.43. The average Bonchev–Trinajstić information content (AvgIpc) is 3.52. The summed E-state index contributed by atoms with van der Waals surface area (Å²) in [6.45, 7) is 0.201. The number of thiazole rings is 1. The highest BCUT2D eigenvalue weighted by Gasteiger charge is 2.53. The molecule has 11 heteroatoms. The van der Waals surface area contributed by atoms with Gasteiger partial charge in [0.1, 0.15) is 25.1 Å². The number of halogens is 1. The van der Waals surface area contributed by atoms with E-state index in [1.807, 2.05) is 0 Å². The monoisotopic (exact) mass is 489 g/mol. The first kappa shape index (κ1) is 22.4. The second kappa shape index (κ2) is 9.08. The first-order chi connectivity index (χ1) is 16.0. The van der Waals surface area contributed by atoms with Gasteiger partial charge in [-0.15, -0.1) is 22.9 Å². The summed E-state index contributed by atoms with van der Waals surface area (Å²) in [5.41, 5.74) is 6.73. The van der Waals surface area contributed by atoms with E-state index in [-0.39, 0.29) is 35.8 Å². The minimum Gasteiger partial charge on any atom is -0.366 e. The van der Waals surface area contributed by atoms with E-state index in [4.69, 9.17) is 22.1 Å². The lowest BCUT2D eigenvalue weighted by molar-refractivity contribution is -0.139. The van der Waals surface area contributed by atoms with Crippen molar-refractivity contribution >= 4 is 40.5 Å². The van der Waals surface area contributed by atoms with Crippen molar-refractivity contribution in [2.75, 3.05) is 13.2 Å².